The molecule has 3 N–H and O–H groups in total. The van der Waals surface area contributed by atoms with E-state index in [0.29, 0.717) is 21.4 Å². The summed E-state index contributed by atoms with van der Waals surface area (Å²) in [6.07, 6.45) is 0.214. The van der Waals surface area contributed by atoms with Crippen LogP contribution in [0.4, 0.5) is 11.4 Å². The lowest BCUT2D eigenvalue weighted by Gasteiger charge is -2.10. The molecule has 5 heteroatoms. The molecule has 2 rings (SSSR count). The van der Waals surface area contributed by atoms with Crippen LogP contribution in [0.15, 0.2) is 42.5 Å². The first-order valence-corrected chi connectivity index (χ1v) is 6.40. The summed E-state index contributed by atoms with van der Waals surface area (Å²) >= 11 is 11.9. The van der Waals surface area contributed by atoms with E-state index >= 15 is 0 Å². The lowest BCUT2D eigenvalue weighted by Crippen LogP contribution is -2.15. The third kappa shape index (κ3) is 3.63. The van der Waals surface area contributed by atoms with Crippen LogP contribution in [0.1, 0.15) is 5.56 Å². The van der Waals surface area contributed by atoms with E-state index in [0.717, 1.165) is 5.56 Å². The van der Waals surface area contributed by atoms with E-state index in [9.17, 15) is 4.79 Å². The van der Waals surface area contributed by atoms with E-state index in [1.807, 2.05) is 6.07 Å². The van der Waals surface area contributed by atoms with Gasteiger partial charge in [0, 0.05) is 5.02 Å². The molecule has 0 spiro atoms. The third-order valence-electron chi connectivity index (χ3n) is 2.56. The Bertz CT molecular complexity index is 594. The van der Waals surface area contributed by atoms with E-state index in [1.165, 1.54) is 0 Å². The molecule has 2 aromatic rings. The zero-order valence-corrected chi connectivity index (χ0v) is 11.5. The SMILES string of the molecule is Nc1cccc(Cl)c1NC(=O)Cc1cccc(Cl)c1. The number of hydrogen-bond donors (Lipinski definition) is 2. The number of anilines is 2. The molecular weight excluding hydrogens is 283 g/mol. The number of carbonyl (C=O) groups is 1. The average molecular weight is 295 g/mol. The van der Waals surface area contributed by atoms with Gasteiger partial charge in [0.05, 0.1) is 22.8 Å². The number of nitrogens with two attached hydrogens (primary N) is 1. The Morgan fingerprint density at radius 2 is 1.89 bits per heavy atom. The van der Waals surface area contributed by atoms with Crippen LogP contribution in [0.2, 0.25) is 10.0 Å². The van der Waals surface area contributed by atoms with Gasteiger partial charge in [0.25, 0.3) is 0 Å². The zero-order valence-electron chi connectivity index (χ0n) is 9.99. The predicted octanol–water partition coefficient (Wildman–Crippen LogP) is 3.76. The second kappa shape index (κ2) is 5.95. The van der Waals surface area contributed by atoms with Gasteiger partial charge in [0.15, 0.2) is 0 Å². The van der Waals surface area contributed by atoms with Crippen molar-refractivity contribution in [2.75, 3.05) is 11.1 Å². The lowest BCUT2D eigenvalue weighted by molar-refractivity contribution is -0.115. The van der Waals surface area contributed by atoms with E-state index in [4.69, 9.17) is 28.9 Å². The van der Waals surface area contributed by atoms with Crippen LogP contribution in [0.3, 0.4) is 0 Å². The van der Waals surface area contributed by atoms with Crippen LogP contribution >= 0.6 is 23.2 Å². The van der Waals surface area contributed by atoms with Crippen molar-refractivity contribution in [1.29, 1.82) is 0 Å². The van der Waals surface area contributed by atoms with Crippen molar-refractivity contribution in [3.63, 3.8) is 0 Å². The molecule has 0 aliphatic carbocycles. The molecule has 0 radical (unpaired) electrons. The second-order valence-electron chi connectivity index (χ2n) is 4.06. The molecule has 0 saturated carbocycles. The summed E-state index contributed by atoms with van der Waals surface area (Å²) in [5, 5.41) is 3.72. The van der Waals surface area contributed by atoms with E-state index in [2.05, 4.69) is 5.32 Å². The van der Waals surface area contributed by atoms with Crippen molar-refractivity contribution in [2.45, 2.75) is 6.42 Å². The van der Waals surface area contributed by atoms with E-state index in [1.54, 1.807) is 36.4 Å². The van der Waals surface area contributed by atoms with Crippen molar-refractivity contribution in [3.05, 3.63) is 58.1 Å². The largest absolute Gasteiger partial charge is 0.397 e. The van der Waals surface area contributed by atoms with Crippen LogP contribution in [0.25, 0.3) is 0 Å². The molecule has 98 valence electrons. The fraction of sp³-hybridized carbons (Fsp3) is 0.0714. The summed E-state index contributed by atoms with van der Waals surface area (Å²) in [6, 6.07) is 12.2. The normalized spacial score (nSPS) is 10.2. The summed E-state index contributed by atoms with van der Waals surface area (Å²) in [5.74, 6) is -0.193. The Balaban J connectivity index is 2.10. The Kier molecular flexibility index (Phi) is 4.30. The van der Waals surface area contributed by atoms with Crippen molar-refractivity contribution in [2.24, 2.45) is 0 Å². The van der Waals surface area contributed by atoms with Gasteiger partial charge in [0.1, 0.15) is 0 Å². The fourth-order valence-electron chi connectivity index (χ4n) is 1.69. The highest BCUT2D eigenvalue weighted by molar-refractivity contribution is 6.34. The molecule has 0 aliphatic heterocycles. The molecule has 2 aromatic carbocycles. The molecule has 0 atom stereocenters. The smallest absolute Gasteiger partial charge is 0.228 e. The second-order valence-corrected chi connectivity index (χ2v) is 4.90. The number of rotatable bonds is 3. The maximum atomic E-state index is 11.9. The minimum Gasteiger partial charge on any atom is -0.397 e. The fourth-order valence-corrected chi connectivity index (χ4v) is 2.13. The Labute approximate surface area is 121 Å². The van der Waals surface area contributed by atoms with Gasteiger partial charge in [-0.15, -0.1) is 0 Å². The van der Waals surface area contributed by atoms with Crippen molar-refractivity contribution in [3.8, 4) is 0 Å². The number of benzene rings is 2. The number of amides is 1. The third-order valence-corrected chi connectivity index (χ3v) is 3.11. The number of nitrogens with one attached hydrogen (secondary N) is 1. The molecule has 0 unspecified atom stereocenters. The molecule has 0 fully saturated rings. The number of halogens is 2. The van der Waals surface area contributed by atoms with Crippen molar-refractivity contribution in [1.82, 2.24) is 0 Å². The Hall–Kier alpha value is -1.71. The van der Waals surface area contributed by atoms with Gasteiger partial charge in [-0.2, -0.15) is 0 Å². The number of carbonyl (C=O) groups excluding carboxylic acids is 1. The molecule has 0 aromatic heterocycles. The van der Waals surface area contributed by atoms with Gasteiger partial charge < -0.3 is 11.1 Å². The van der Waals surface area contributed by atoms with Crippen LogP contribution in [-0.2, 0) is 11.2 Å². The maximum absolute atomic E-state index is 11.9. The number of nitrogen functional groups attached to an aromatic ring is 1. The monoisotopic (exact) mass is 294 g/mol. The number of hydrogen-bond acceptors (Lipinski definition) is 2. The first-order chi connectivity index (χ1) is 9.06. The summed E-state index contributed by atoms with van der Waals surface area (Å²) < 4.78 is 0. The minimum atomic E-state index is -0.193. The average Bonchev–Trinajstić information content (AvgIpc) is 2.34. The highest BCUT2D eigenvalue weighted by atomic mass is 35.5. The molecular formula is C14H12Cl2N2O. The van der Waals surface area contributed by atoms with Gasteiger partial charge in [-0.05, 0) is 29.8 Å². The number of para-hydroxylation sites is 1. The van der Waals surface area contributed by atoms with E-state index < -0.39 is 0 Å². The quantitative estimate of drug-likeness (QED) is 0.847. The van der Waals surface area contributed by atoms with Crippen LogP contribution in [0, 0.1) is 0 Å². The van der Waals surface area contributed by atoms with Gasteiger partial charge >= 0.3 is 0 Å². The lowest BCUT2D eigenvalue weighted by atomic mass is 10.1. The summed E-state index contributed by atoms with van der Waals surface area (Å²) in [5.41, 5.74) is 7.47. The molecule has 19 heavy (non-hydrogen) atoms. The minimum absolute atomic E-state index is 0.193. The Morgan fingerprint density at radius 3 is 2.58 bits per heavy atom. The maximum Gasteiger partial charge on any atom is 0.228 e. The van der Waals surface area contributed by atoms with Crippen LogP contribution in [-0.4, -0.2) is 5.91 Å². The Morgan fingerprint density at radius 1 is 1.16 bits per heavy atom. The standard InChI is InChI=1S/C14H12Cl2N2O/c15-10-4-1-3-9(7-10)8-13(19)18-14-11(16)5-2-6-12(14)17/h1-7H,8,17H2,(H,18,19). The first kappa shape index (κ1) is 13.7. The van der Waals surface area contributed by atoms with Gasteiger partial charge in [-0.3, -0.25) is 4.79 Å². The molecule has 0 bridgehead atoms. The van der Waals surface area contributed by atoms with Crippen LogP contribution < -0.4 is 11.1 Å². The predicted molar refractivity (Wildman–Crippen MR) is 79.7 cm³/mol. The van der Waals surface area contributed by atoms with Crippen LogP contribution in [0.5, 0.6) is 0 Å². The van der Waals surface area contributed by atoms with Gasteiger partial charge in [-0.1, -0.05) is 41.4 Å². The van der Waals surface area contributed by atoms with Crippen molar-refractivity contribution >= 4 is 40.5 Å². The molecule has 0 aliphatic rings. The topological polar surface area (TPSA) is 55.1 Å². The first-order valence-electron chi connectivity index (χ1n) is 5.64. The van der Waals surface area contributed by atoms with Gasteiger partial charge in [0.2, 0.25) is 5.91 Å². The molecule has 0 heterocycles. The molecule has 1 amide bonds. The molecule has 3 nitrogen and oxygen atoms in total. The summed E-state index contributed by atoms with van der Waals surface area (Å²) in [6.45, 7) is 0. The highest BCUT2D eigenvalue weighted by Gasteiger charge is 2.09. The van der Waals surface area contributed by atoms with Gasteiger partial charge in [-0.25, -0.2) is 0 Å². The van der Waals surface area contributed by atoms with Crippen molar-refractivity contribution < 1.29 is 4.79 Å². The zero-order chi connectivity index (χ0) is 13.8. The van der Waals surface area contributed by atoms with E-state index in [-0.39, 0.29) is 12.3 Å². The highest BCUT2D eigenvalue weighted by Crippen LogP contribution is 2.27. The summed E-state index contributed by atoms with van der Waals surface area (Å²) in [7, 11) is 0. The molecule has 0 saturated heterocycles. The summed E-state index contributed by atoms with van der Waals surface area (Å²) in [4.78, 5) is 11.9.